The number of hydrazine groups is 1. The number of benzene rings is 1. The molecule has 0 unspecified atom stereocenters. The molecule has 0 atom stereocenters. The van der Waals surface area contributed by atoms with Gasteiger partial charge in [-0.15, -0.1) is 0 Å². The largest absolute Gasteiger partial charge is 0.484 e. The molecule has 0 saturated carbocycles. The zero-order valence-electron chi connectivity index (χ0n) is 14.1. The molecule has 0 aliphatic heterocycles. The van der Waals surface area contributed by atoms with Gasteiger partial charge in [-0.2, -0.15) is 0 Å². The van der Waals surface area contributed by atoms with Crippen LogP contribution in [0.25, 0.3) is 0 Å². The molecule has 26 heavy (non-hydrogen) atoms. The van der Waals surface area contributed by atoms with Crippen molar-refractivity contribution < 1.29 is 23.9 Å². The van der Waals surface area contributed by atoms with E-state index < -0.39 is 17.8 Å². The molecule has 0 bridgehead atoms. The van der Waals surface area contributed by atoms with Crippen molar-refractivity contribution >= 4 is 51.0 Å². The summed E-state index contributed by atoms with van der Waals surface area (Å²) in [6.07, 6.45) is 1.93. The number of carbonyl (C=O) groups is 3. The van der Waals surface area contributed by atoms with Crippen LogP contribution in [0.15, 0.2) is 34.8 Å². The third kappa shape index (κ3) is 8.58. The molecule has 0 spiro atoms. The van der Waals surface area contributed by atoms with Gasteiger partial charge in [0.2, 0.25) is 5.91 Å². The van der Waals surface area contributed by atoms with Crippen LogP contribution in [-0.4, -0.2) is 36.1 Å². The van der Waals surface area contributed by atoms with Gasteiger partial charge in [0.15, 0.2) is 11.7 Å². The van der Waals surface area contributed by atoms with E-state index in [9.17, 15) is 14.4 Å². The average Bonchev–Trinajstić information content (AvgIpc) is 2.59. The van der Waals surface area contributed by atoms with E-state index in [1.54, 1.807) is 19.1 Å². The van der Waals surface area contributed by atoms with Crippen LogP contribution >= 0.6 is 28.1 Å². The van der Waals surface area contributed by atoms with Gasteiger partial charge in [0, 0.05) is 16.6 Å². The number of ether oxygens (including phenoxy) is 2. The van der Waals surface area contributed by atoms with Crippen LogP contribution in [0.3, 0.4) is 0 Å². The van der Waals surface area contributed by atoms with Crippen molar-refractivity contribution in [1.29, 1.82) is 0 Å². The van der Waals surface area contributed by atoms with Crippen LogP contribution in [0, 0.1) is 6.92 Å². The number of amides is 2. The van der Waals surface area contributed by atoms with Gasteiger partial charge in [0.25, 0.3) is 5.91 Å². The van der Waals surface area contributed by atoms with E-state index in [0.29, 0.717) is 5.75 Å². The lowest BCUT2D eigenvalue weighted by molar-refractivity contribution is -0.137. The molecule has 140 valence electrons. The summed E-state index contributed by atoms with van der Waals surface area (Å²) in [6.45, 7) is 3.51. The number of hydrogen-bond donors (Lipinski definition) is 3. The molecular weight excluding hydrogens is 426 g/mol. The van der Waals surface area contributed by atoms with Crippen LogP contribution in [0.1, 0.15) is 12.5 Å². The maximum atomic E-state index is 11.7. The molecule has 1 rings (SSSR count). The quantitative estimate of drug-likeness (QED) is 0.263. The number of halogens is 1. The lowest BCUT2D eigenvalue weighted by atomic mass is 10.2. The molecule has 1 aromatic carbocycles. The predicted molar refractivity (Wildman–Crippen MR) is 102 cm³/mol. The summed E-state index contributed by atoms with van der Waals surface area (Å²) in [7, 11) is 0. The van der Waals surface area contributed by atoms with Crippen LogP contribution in [0.5, 0.6) is 5.75 Å². The monoisotopic (exact) mass is 443 g/mol. The normalized spacial score (nSPS) is 10.1. The molecule has 0 heterocycles. The number of thiocarbonyl (C=S) groups is 1. The van der Waals surface area contributed by atoms with Crippen molar-refractivity contribution in [3.8, 4) is 5.75 Å². The topological polar surface area (TPSA) is 106 Å². The van der Waals surface area contributed by atoms with E-state index in [-0.39, 0.29) is 18.3 Å². The maximum Gasteiger partial charge on any atom is 0.330 e. The van der Waals surface area contributed by atoms with Crippen molar-refractivity contribution in [2.24, 2.45) is 0 Å². The van der Waals surface area contributed by atoms with Gasteiger partial charge >= 0.3 is 5.97 Å². The number of carbonyl (C=O) groups excluding carboxylic acids is 3. The standard InChI is InChI=1S/C16H18BrN3O5S/c1-3-24-15(23)7-6-13(21)18-16(26)20-19-14(22)9-25-11-4-5-12(17)10(2)8-11/h4-8H,3,9H2,1-2H3,(H,19,22)(H2,18,20,21,26). The molecule has 0 aliphatic carbocycles. The molecule has 10 heteroatoms. The molecule has 1 aromatic rings. The van der Waals surface area contributed by atoms with Crippen molar-refractivity contribution in [2.75, 3.05) is 13.2 Å². The second-order valence-electron chi connectivity index (χ2n) is 4.78. The zero-order chi connectivity index (χ0) is 19.5. The molecule has 0 aliphatic rings. The van der Waals surface area contributed by atoms with Gasteiger partial charge in [-0.3, -0.25) is 25.8 Å². The molecule has 0 fully saturated rings. The Morgan fingerprint density at radius 1 is 1.23 bits per heavy atom. The first kappa shape index (κ1) is 21.6. The second-order valence-corrected chi connectivity index (χ2v) is 6.04. The molecule has 2 amide bonds. The first-order chi connectivity index (χ1) is 12.3. The summed E-state index contributed by atoms with van der Waals surface area (Å²) in [5, 5.41) is 2.10. The minimum Gasteiger partial charge on any atom is -0.484 e. The van der Waals surface area contributed by atoms with Crippen LogP contribution in [0.2, 0.25) is 0 Å². The smallest absolute Gasteiger partial charge is 0.330 e. The van der Waals surface area contributed by atoms with Crippen molar-refractivity contribution in [2.45, 2.75) is 13.8 Å². The third-order valence-electron chi connectivity index (χ3n) is 2.71. The van der Waals surface area contributed by atoms with Crippen molar-refractivity contribution in [3.05, 3.63) is 40.4 Å². The number of hydrogen-bond acceptors (Lipinski definition) is 6. The summed E-state index contributed by atoms with van der Waals surface area (Å²) >= 11 is 8.21. The molecule has 0 saturated heterocycles. The van der Waals surface area contributed by atoms with E-state index in [0.717, 1.165) is 22.2 Å². The lowest BCUT2D eigenvalue weighted by Gasteiger charge is -2.11. The van der Waals surface area contributed by atoms with Crippen LogP contribution in [-0.2, 0) is 19.1 Å². The first-order valence-electron chi connectivity index (χ1n) is 7.45. The van der Waals surface area contributed by atoms with E-state index in [1.807, 2.05) is 13.0 Å². The van der Waals surface area contributed by atoms with E-state index in [2.05, 4.69) is 36.8 Å². The van der Waals surface area contributed by atoms with Crippen LogP contribution < -0.4 is 20.9 Å². The maximum absolute atomic E-state index is 11.7. The Morgan fingerprint density at radius 3 is 2.62 bits per heavy atom. The van der Waals surface area contributed by atoms with E-state index >= 15 is 0 Å². The van der Waals surface area contributed by atoms with Gasteiger partial charge in [0.05, 0.1) is 6.61 Å². The van der Waals surface area contributed by atoms with Gasteiger partial charge in [-0.05, 0) is 49.8 Å². The fourth-order valence-corrected chi connectivity index (χ4v) is 1.94. The Kier molecular flexibility index (Phi) is 9.31. The summed E-state index contributed by atoms with van der Waals surface area (Å²) in [5.41, 5.74) is 5.59. The molecule has 8 nitrogen and oxygen atoms in total. The molecule has 3 N–H and O–H groups in total. The molecular formula is C16H18BrN3O5S. The number of aryl methyl sites for hydroxylation is 1. The minimum absolute atomic E-state index is 0.142. The average molecular weight is 444 g/mol. The number of rotatable bonds is 6. The van der Waals surface area contributed by atoms with Crippen LogP contribution in [0.4, 0.5) is 0 Å². The van der Waals surface area contributed by atoms with Gasteiger partial charge in [0.1, 0.15) is 5.75 Å². The van der Waals surface area contributed by atoms with Crippen molar-refractivity contribution in [1.82, 2.24) is 16.2 Å². The van der Waals surface area contributed by atoms with Gasteiger partial charge in [-0.25, -0.2) is 4.79 Å². The lowest BCUT2D eigenvalue weighted by Crippen LogP contribution is -2.49. The fourth-order valence-electron chi connectivity index (χ4n) is 1.54. The second kappa shape index (κ2) is 11.2. The van der Waals surface area contributed by atoms with E-state index in [1.165, 1.54) is 0 Å². The van der Waals surface area contributed by atoms with E-state index in [4.69, 9.17) is 17.0 Å². The van der Waals surface area contributed by atoms with Crippen molar-refractivity contribution in [3.63, 3.8) is 0 Å². The number of nitrogens with one attached hydrogen (secondary N) is 3. The Hall–Kier alpha value is -2.46. The Labute approximate surface area is 164 Å². The third-order valence-corrected chi connectivity index (χ3v) is 3.80. The Balaban J connectivity index is 2.30. The first-order valence-corrected chi connectivity index (χ1v) is 8.65. The minimum atomic E-state index is -0.647. The molecule has 0 aromatic heterocycles. The number of esters is 1. The summed E-state index contributed by atoms with van der Waals surface area (Å²) in [4.78, 5) is 34.3. The van der Waals surface area contributed by atoms with Gasteiger partial charge < -0.3 is 9.47 Å². The SMILES string of the molecule is CCOC(=O)C=CC(=O)NC(=S)NNC(=O)COc1ccc(Br)c(C)c1. The highest BCUT2D eigenvalue weighted by atomic mass is 79.9. The highest BCUT2D eigenvalue weighted by Gasteiger charge is 2.06. The summed E-state index contributed by atoms with van der Waals surface area (Å²) in [5.74, 6) is -1.24. The predicted octanol–water partition coefficient (Wildman–Crippen LogP) is 1.28. The zero-order valence-corrected chi connectivity index (χ0v) is 16.5. The Morgan fingerprint density at radius 2 is 1.96 bits per heavy atom. The molecule has 0 radical (unpaired) electrons. The highest BCUT2D eigenvalue weighted by Crippen LogP contribution is 2.21. The highest BCUT2D eigenvalue weighted by molar-refractivity contribution is 9.10. The van der Waals surface area contributed by atoms with Gasteiger partial charge in [-0.1, -0.05) is 15.9 Å². The Bertz CT molecular complexity index is 724. The summed E-state index contributed by atoms with van der Waals surface area (Å²) in [6, 6.07) is 5.32. The summed E-state index contributed by atoms with van der Waals surface area (Å²) < 4.78 is 10.9. The fraction of sp³-hybridized carbons (Fsp3) is 0.250.